The number of Topliss-reactive ketones (excluding diaryl/α,β-unsaturated/α-hetero) is 1. The number of nitriles is 1. The molecule has 2 aromatic heterocycles. The molecule has 2 N–H and O–H groups in total. The van der Waals surface area contributed by atoms with Crippen LogP contribution in [-0.4, -0.2) is 43.7 Å². The first kappa shape index (κ1) is 19.6. The van der Waals surface area contributed by atoms with E-state index >= 15 is 0 Å². The second-order valence-electron chi connectivity index (χ2n) is 10.0. The molecule has 0 spiro atoms. The predicted octanol–water partition coefficient (Wildman–Crippen LogP) is 1.86. The van der Waals surface area contributed by atoms with E-state index in [1.165, 1.54) is 0 Å². The standard InChI is InChI=1S/C24H25N5O3/c25-4-5-26-23(31)20(30)8-19-17-12-27-18-3-1-2-16(18)22(17)29(28-19)21-14-6-13-7-15(21)11-24(32,9-13)10-14/h1-2,12-15,21,32H,3,5-11H2,(H,26,31)/t13?,14-,15+,21?,24?. The van der Waals surface area contributed by atoms with Crippen LogP contribution in [0.5, 0.6) is 0 Å². The van der Waals surface area contributed by atoms with E-state index in [4.69, 9.17) is 10.4 Å². The number of aromatic nitrogens is 3. The molecule has 8 heteroatoms. The Morgan fingerprint density at radius 3 is 2.78 bits per heavy atom. The smallest absolute Gasteiger partial charge is 0.288 e. The van der Waals surface area contributed by atoms with Crippen molar-refractivity contribution in [3.05, 3.63) is 29.2 Å². The van der Waals surface area contributed by atoms with Gasteiger partial charge in [-0.1, -0.05) is 12.2 Å². The molecular formula is C24H25N5O3. The zero-order valence-corrected chi connectivity index (χ0v) is 17.8. The highest BCUT2D eigenvalue weighted by atomic mass is 16.3. The number of allylic oxidation sites excluding steroid dienone is 1. The van der Waals surface area contributed by atoms with E-state index < -0.39 is 17.3 Å². The lowest BCUT2D eigenvalue weighted by Crippen LogP contribution is -2.55. The fourth-order valence-corrected chi connectivity index (χ4v) is 7.02. The summed E-state index contributed by atoms with van der Waals surface area (Å²) in [5, 5.41) is 27.8. The normalized spacial score (nSPS) is 31.6. The number of carbonyl (C=O) groups is 2. The molecule has 5 atom stereocenters. The summed E-state index contributed by atoms with van der Waals surface area (Å²) in [7, 11) is 0. The van der Waals surface area contributed by atoms with E-state index in [1.807, 2.05) is 6.07 Å². The van der Waals surface area contributed by atoms with Crippen molar-refractivity contribution in [3.8, 4) is 6.07 Å². The van der Waals surface area contributed by atoms with Crippen LogP contribution in [-0.2, 0) is 22.4 Å². The second kappa shape index (κ2) is 6.97. The monoisotopic (exact) mass is 431 g/mol. The maximum Gasteiger partial charge on any atom is 0.288 e. The zero-order valence-electron chi connectivity index (χ0n) is 17.8. The Morgan fingerprint density at radius 2 is 2.06 bits per heavy atom. The Balaban J connectivity index is 1.43. The van der Waals surface area contributed by atoms with Crippen molar-refractivity contribution in [2.45, 2.75) is 56.6 Å². The van der Waals surface area contributed by atoms with Gasteiger partial charge in [0.15, 0.2) is 0 Å². The van der Waals surface area contributed by atoms with Crippen LogP contribution in [0.25, 0.3) is 17.0 Å². The molecule has 3 unspecified atom stereocenters. The lowest BCUT2D eigenvalue weighted by molar-refractivity contribution is -0.148. The Labute approximate surface area is 185 Å². The van der Waals surface area contributed by atoms with Gasteiger partial charge < -0.3 is 10.4 Å². The molecule has 0 radical (unpaired) electrons. The summed E-state index contributed by atoms with van der Waals surface area (Å²) in [5.74, 6) is -0.0490. The van der Waals surface area contributed by atoms with E-state index in [1.54, 1.807) is 6.20 Å². The summed E-state index contributed by atoms with van der Waals surface area (Å²) in [6.45, 7) is -0.199. The van der Waals surface area contributed by atoms with Gasteiger partial charge in [-0.2, -0.15) is 10.4 Å². The van der Waals surface area contributed by atoms with Gasteiger partial charge in [0, 0.05) is 23.6 Å². The van der Waals surface area contributed by atoms with Crippen molar-refractivity contribution in [3.63, 3.8) is 0 Å². The van der Waals surface area contributed by atoms with E-state index in [0.29, 0.717) is 23.4 Å². The summed E-state index contributed by atoms with van der Waals surface area (Å²) in [6, 6.07) is 2.00. The summed E-state index contributed by atoms with van der Waals surface area (Å²) in [5.41, 5.74) is 3.08. The molecule has 5 aliphatic carbocycles. The molecule has 8 nitrogen and oxygen atoms in total. The molecular weight excluding hydrogens is 406 g/mol. The highest BCUT2D eigenvalue weighted by Crippen LogP contribution is 2.60. The minimum Gasteiger partial charge on any atom is -0.390 e. The molecule has 4 fully saturated rings. The molecule has 164 valence electrons. The van der Waals surface area contributed by atoms with Crippen LogP contribution >= 0.6 is 0 Å². The third-order valence-electron chi connectivity index (χ3n) is 7.92. The van der Waals surface area contributed by atoms with Gasteiger partial charge in [-0.05, 0) is 49.9 Å². The molecule has 4 bridgehead atoms. The average molecular weight is 431 g/mol. The van der Waals surface area contributed by atoms with Crippen LogP contribution in [0.2, 0.25) is 0 Å². The van der Waals surface area contributed by atoms with Gasteiger partial charge in [0.2, 0.25) is 5.78 Å². The molecule has 4 saturated carbocycles. The second-order valence-corrected chi connectivity index (χ2v) is 10.0. The molecule has 0 aliphatic heterocycles. The van der Waals surface area contributed by atoms with Crippen LogP contribution in [0.3, 0.4) is 0 Å². The van der Waals surface area contributed by atoms with Gasteiger partial charge in [-0.3, -0.25) is 19.3 Å². The minimum absolute atomic E-state index is 0.125. The van der Waals surface area contributed by atoms with Gasteiger partial charge in [0.1, 0.15) is 6.54 Å². The van der Waals surface area contributed by atoms with Crippen molar-refractivity contribution in [2.24, 2.45) is 17.8 Å². The minimum atomic E-state index is -0.764. The highest BCUT2D eigenvalue weighted by Gasteiger charge is 2.56. The van der Waals surface area contributed by atoms with Crippen molar-refractivity contribution in [1.82, 2.24) is 20.1 Å². The summed E-state index contributed by atoms with van der Waals surface area (Å²) >= 11 is 0. The maximum absolute atomic E-state index is 12.5. The third kappa shape index (κ3) is 2.91. The number of ketones is 1. The average Bonchev–Trinajstić information content (AvgIpc) is 3.35. The number of rotatable bonds is 5. The first-order chi connectivity index (χ1) is 15.5. The molecule has 0 saturated heterocycles. The van der Waals surface area contributed by atoms with Crippen LogP contribution in [0.15, 0.2) is 12.3 Å². The van der Waals surface area contributed by atoms with Crippen molar-refractivity contribution >= 4 is 28.7 Å². The molecule has 2 heterocycles. The highest BCUT2D eigenvalue weighted by molar-refractivity contribution is 6.36. The van der Waals surface area contributed by atoms with Gasteiger partial charge >= 0.3 is 0 Å². The third-order valence-corrected chi connectivity index (χ3v) is 7.92. The number of hydrogen-bond donors (Lipinski definition) is 2. The van der Waals surface area contributed by atoms with Gasteiger partial charge in [-0.25, -0.2) is 0 Å². The first-order valence-corrected chi connectivity index (χ1v) is 11.4. The molecule has 7 rings (SSSR count). The number of pyridine rings is 1. The van der Waals surface area contributed by atoms with Crippen LogP contribution < -0.4 is 5.32 Å². The van der Waals surface area contributed by atoms with E-state index in [0.717, 1.165) is 60.7 Å². The zero-order chi connectivity index (χ0) is 22.0. The van der Waals surface area contributed by atoms with Crippen LogP contribution in [0.4, 0.5) is 0 Å². The Hall–Kier alpha value is -3.05. The Morgan fingerprint density at radius 1 is 1.28 bits per heavy atom. The molecule has 2 aromatic rings. The fraction of sp³-hybridized carbons (Fsp3) is 0.542. The number of carbonyl (C=O) groups excluding carboxylic acids is 2. The number of hydrogen-bond acceptors (Lipinski definition) is 6. The summed E-state index contributed by atoms with van der Waals surface area (Å²) < 4.78 is 2.11. The van der Waals surface area contributed by atoms with Gasteiger partial charge in [0.05, 0.1) is 41.0 Å². The predicted molar refractivity (Wildman–Crippen MR) is 115 cm³/mol. The summed E-state index contributed by atoms with van der Waals surface area (Å²) in [6.07, 6.45) is 11.4. The van der Waals surface area contributed by atoms with Crippen LogP contribution in [0.1, 0.15) is 55.1 Å². The quantitative estimate of drug-likeness (QED) is 0.551. The number of aliphatic hydroxyl groups is 1. The molecule has 5 aliphatic rings. The molecule has 32 heavy (non-hydrogen) atoms. The Bertz CT molecular complexity index is 1210. The lowest BCUT2D eigenvalue weighted by atomic mass is 9.52. The number of nitrogens with zero attached hydrogens (tertiary/aromatic N) is 4. The topological polar surface area (TPSA) is 121 Å². The van der Waals surface area contributed by atoms with E-state index in [2.05, 4.69) is 27.1 Å². The van der Waals surface area contributed by atoms with Gasteiger partial charge in [-0.15, -0.1) is 0 Å². The number of fused-ring (bicyclic) bond motifs is 3. The van der Waals surface area contributed by atoms with E-state index in [9.17, 15) is 14.7 Å². The molecule has 0 aromatic carbocycles. The molecule has 1 amide bonds. The van der Waals surface area contributed by atoms with E-state index in [-0.39, 0.29) is 19.0 Å². The SMILES string of the molecule is N#CCNC(=O)C(=O)Cc1nn(C2[C@@H]3CC4C[C@H]2CC(O)(C4)C3)c2c3c(ncc12)CC=C3. The number of amides is 1. The van der Waals surface area contributed by atoms with Crippen LogP contribution in [0, 0.1) is 29.1 Å². The lowest BCUT2D eigenvalue weighted by Gasteiger charge is -2.58. The summed E-state index contributed by atoms with van der Waals surface area (Å²) in [4.78, 5) is 29.2. The Kier molecular flexibility index (Phi) is 4.28. The van der Waals surface area contributed by atoms with Crippen molar-refractivity contribution < 1.29 is 14.7 Å². The fourth-order valence-electron chi connectivity index (χ4n) is 7.02. The van der Waals surface area contributed by atoms with Crippen molar-refractivity contribution in [1.29, 1.82) is 5.26 Å². The van der Waals surface area contributed by atoms with Gasteiger partial charge in [0.25, 0.3) is 5.91 Å². The largest absolute Gasteiger partial charge is 0.390 e. The number of nitrogens with one attached hydrogen (secondary N) is 1. The first-order valence-electron chi connectivity index (χ1n) is 11.4. The van der Waals surface area contributed by atoms with Crippen molar-refractivity contribution in [2.75, 3.05) is 6.54 Å². The maximum atomic E-state index is 12.5.